The van der Waals surface area contributed by atoms with Crippen molar-refractivity contribution in [3.8, 4) is 0 Å². The van der Waals surface area contributed by atoms with Gasteiger partial charge in [-0.15, -0.1) is 0 Å². The second kappa shape index (κ2) is 13.1. The summed E-state index contributed by atoms with van der Waals surface area (Å²) in [4.78, 5) is 54.4. The number of carboxylic acid groups (broad SMARTS) is 1. The van der Waals surface area contributed by atoms with Gasteiger partial charge in [-0.05, 0) is 32.6 Å². The number of aliphatic hydroxyl groups is 1. The second-order valence-electron chi connectivity index (χ2n) is 7.55. The number of aliphatic imine (C=N–C) groups is 1. The van der Waals surface area contributed by atoms with Crippen LogP contribution in [0.1, 0.15) is 32.6 Å². The Morgan fingerprint density at radius 1 is 1.25 bits per heavy atom. The third-order valence-corrected chi connectivity index (χ3v) is 5.37. The smallest absolute Gasteiger partial charge is 0.326 e. The number of guanidine groups is 1. The Labute approximate surface area is 191 Å². The van der Waals surface area contributed by atoms with Crippen LogP contribution in [0.5, 0.6) is 0 Å². The average molecular weight is 476 g/mol. The summed E-state index contributed by atoms with van der Waals surface area (Å²) in [6.07, 6.45) is -0.0599. The lowest BCUT2D eigenvalue weighted by Crippen LogP contribution is -2.59. The summed E-state index contributed by atoms with van der Waals surface area (Å²) >= 11 is 4.00. The van der Waals surface area contributed by atoms with Gasteiger partial charge in [-0.25, -0.2) is 4.79 Å². The van der Waals surface area contributed by atoms with Crippen molar-refractivity contribution in [2.75, 3.05) is 18.8 Å². The number of aliphatic hydroxyl groups excluding tert-OH is 1. The lowest BCUT2D eigenvalue weighted by atomic mass is 10.1. The maximum Gasteiger partial charge on any atom is 0.326 e. The van der Waals surface area contributed by atoms with E-state index in [0.29, 0.717) is 19.4 Å². The summed E-state index contributed by atoms with van der Waals surface area (Å²) in [6.45, 7) is 1.80. The molecule has 0 aromatic heterocycles. The number of thiol groups is 1. The second-order valence-corrected chi connectivity index (χ2v) is 7.92. The van der Waals surface area contributed by atoms with Gasteiger partial charge in [0.15, 0.2) is 5.96 Å². The van der Waals surface area contributed by atoms with Crippen LogP contribution in [0.25, 0.3) is 0 Å². The van der Waals surface area contributed by atoms with Gasteiger partial charge < -0.3 is 42.9 Å². The minimum Gasteiger partial charge on any atom is -0.480 e. The van der Waals surface area contributed by atoms with Gasteiger partial charge in [-0.1, -0.05) is 0 Å². The van der Waals surface area contributed by atoms with Crippen LogP contribution >= 0.6 is 12.6 Å². The molecule has 1 saturated heterocycles. The number of carbonyl (C=O) groups is 4. The number of carbonyl (C=O) groups excluding carboxylic acids is 3. The highest BCUT2D eigenvalue weighted by molar-refractivity contribution is 7.80. The third kappa shape index (κ3) is 8.16. The Morgan fingerprint density at radius 2 is 1.91 bits per heavy atom. The fraction of sp³-hybridized carbons (Fsp3) is 0.722. The fourth-order valence-corrected chi connectivity index (χ4v) is 3.43. The first kappa shape index (κ1) is 27.5. The van der Waals surface area contributed by atoms with Crippen molar-refractivity contribution < 1.29 is 29.4 Å². The molecular formula is C18H33N7O6S. The van der Waals surface area contributed by atoms with Crippen molar-refractivity contribution in [3.63, 3.8) is 0 Å². The summed E-state index contributed by atoms with van der Waals surface area (Å²) in [5.74, 6) is -3.24. The first-order valence-corrected chi connectivity index (χ1v) is 10.9. The molecule has 5 unspecified atom stereocenters. The Hall–Kier alpha value is -2.58. The molecule has 1 fully saturated rings. The number of hydrogen-bond donors (Lipinski definition) is 8. The lowest BCUT2D eigenvalue weighted by molar-refractivity contribution is -0.144. The topological polar surface area (TPSA) is 226 Å². The number of nitrogens with one attached hydrogen (secondary N) is 2. The molecule has 1 rings (SSSR count). The lowest BCUT2D eigenvalue weighted by Gasteiger charge is -2.29. The van der Waals surface area contributed by atoms with E-state index in [9.17, 15) is 29.4 Å². The highest BCUT2D eigenvalue weighted by Gasteiger charge is 2.38. The van der Waals surface area contributed by atoms with Crippen LogP contribution in [-0.2, 0) is 19.2 Å². The largest absolute Gasteiger partial charge is 0.480 e. The number of carboxylic acids is 1. The van der Waals surface area contributed by atoms with Crippen molar-refractivity contribution in [2.45, 2.75) is 62.9 Å². The van der Waals surface area contributed by atoms with E-state index in [-0.39, 0.29) is 31.1 Å². The molecule has 0 saturated carbocycles. The molecule has 1 aliphatic rings. The standard InChI is InChI=1S/C18H33N7O6S/c1-9(26)13(15(28)23-11(17(30)31)4-2-6-22-18(20)21)24-14(27)12-5-3-7-25(12)16(29)10(19)8-32/h9-13,26,32H,2-8,19H2,1H3,(H,23,28)(H,24,27)(H,30,31)(H4,20,21,22). The highest BCUT2D eigenvalue weighted by Crippen LogP contribution is 2.19. The Balaban J connectivity index is 2.81. The van der Waals surface area contributed by atoms with Gasteiger partial charge in [-0.3, -0.25) is 19.4 Å². The molecule has 13 nitrogen and oxygen atoms in total. The minimum absolute atomic E-state index is 0.0326. The SMILES string of the molecule is CC(O)C(NC(=O)C1CCCN1C(=O)C(N)CS)C(=O)NC(CCCN=C(N)N)C(=O)O. The van der Waals surface area contributed by atoms with E-state index in [1.54, 1.807) is 0 Å². The van der Waals surface area contributed by atoms with Gasteiger partial charge in [0.2, 0.25) is 17.7 Å². The molecule has 182 valence electrons. The van der Waals surface area contributed by atoms with E-state index >= 15 is 0 Å². The molecule has 0 aliphatic carbocycles. The predicted molar refractivity (Wildman–Crippen MR) is 120 cm³/mol. The molecule has 0 spiro atoms. The molecular weight excluding hydrogens is 442 g/mol. The molecule has 0 aromatic carbocycles. The van der Waals surface area contributed by atoms with E-state index < -0.39 is 54.0 Å². The van der Waals surface area contributed by atoms with Crippen molar-refractivity contribution in [2.24, 2.45) is 22.2 Å². The number of nitrogens with zero attached hydrogens (tertiary/aromatic N) is 2. The molecule has 10 N–H and O–H groups in total. The molecule has 0 radical (unpaired) electrons. The van der Waals surface area contributed by atoms with Crippen LogP contribution in [0.4, 0.5) is 0 Å². The minimum atomic E-state index is -1.42. The normalized spacial score (nSPS) is 19.4. The van der Waals surface area contributed by atoms with Crippen LogP contribution in [0.15, 0.2) is 4.99 Å². The van der Waals surface area contributed by atoms with Crippen LogP contribution < -0.4 is 27.8 Å². The highest BCUT2D eigenvalue weighted by atomic mass is 32.1. The maximum absolute atomic E-state index is 12.8. The van der Waals surface area contributed by atoms with Gasteiger partial charge >= 0.3 is 5.97 Å². The first-order chi connectivity index (χ1) is 15.0. The molecule has 1 heterocycles. The summed E-state index contributed by atoms with van der Waals surface area (Å²) in [7, 11) is 0. The Bertz CT molecular complexity index is 716. The van der Waals surface area contributed by atoms with E-state index in [2.05, 4.69) is 28.3 Å². The molecule has 0 bridgehead atoms. The van der Waals surface area contributed by atoms with E-state index in [0.717, 1.165) is 0 Å². The monoisotopic (exact) mass is 475 g/mol. The van der Waals surface area contributed by atoms with Gasteiger partial charge in [-0.2, -0.15) is 12.6 Å². The average Bonchev–Trinajstić information content (AvgIpc) is 3.21. The number of aliphatic carboxylic acids is 1. The summed E-state index contributed by atoms with van der Waals surface area (Å²) in [5, 5.41) is 24.1. The zero-order valence-electron chi connectivity index (χ0n) is 17.9. The van der Waals surface area contributed by atoms with Crippen LogP contribution in [0.2, 0.25) is 0 Å². The molecule has 0 aromatic rings. The Morgan fingerprint density at radius 3 is 2.44 bits per heavy atom. The Kier molecular flexibility index (Phi) is 11.2. The van der Waals surface area contributed by atoms with E-state index in [1.807, 2.05) is 0 Å². The van der Waals surface area contributed by atoms with Crippen molar-refractivity contribution in [3.05, 3.63) is 0 Å². The maximum atomic E-state index is 12.8. The van der Waals surface area contributed by atoms with Gasteiger partial charge in [0.1, 0.15) is 18.1 Å². The van der Waals surface area contributed by atoms with Gasteiger partial charge in [0, 0.05) is 18.8 Å². The predicted octanol–water partition coefficient (Wildman–Crippen LogP) is -3.28. The zero-order chi connectivity index (χ0) is 24.4. The molecule has 14 heteroatoms. The molecule has 5 atom stereocenters. The fourth-order valence-electron chi connectivity index (χ4n) is 3.27. The summed E-state index contributed by atoms with van der Waals surface area (Å²) in [6, 6.07) is -4.40. The van der Waals surface area contributed by atoms with Gasteiger partial charge in [0.05, 0.1) is 12.1 Å². The number of amides is 3. The molecule has 32 heavy (non-hydrogen) atoms. The first-order valence-electron chi connectivity index (χ1n) is 10.2. The third-order valence-electron chi connectivity index (χ3n) is 4.97. The van der Waals surface area contributed by atoms with Crippen molar-refractivity contribution in [1.29, 1.82) is 0 Å². The van der Waals surface area contributed by atoms with E-state index in [1.165, 1.54) is 11.8 Å². The van der Waals surface area contributed by atoms with Crippen molar-refractivity contribution >= 4 is 42.3 Å². The summed E-state index contributed by atoms with van der Waals surface area (Å²) < 4.78 is 0. The number of nitrogens with two attached hydrogens (primary N) is 3. The molecule has 3 amide bonds. The molecule has 1 aliphatic heterocycles. The number of rotatable bonds is 12. The van der Waals surface area contributed by atoms with Gasteiger partial charge in [0.25, 0.3) is 0 Å². The van der Waals surface area contributed by atoms with Crippen LogP contribution in [-0.4, -0.2) is 93.9 Å². The van der Waals surface area contributed by atoms with E-state index in [4.69, 9.17) is 17.2 Å². The quantitative estimate of drug-likeness (QED) is 0.0612. The number of hydrogen-bond acceptors (Lipinski definition) is 8. The van der Waals surface area contributed by atoms with Crippen molar-refractivity contribution in [1.82, 2.24) is 15.5 Å². The van der Waals surface area contributed by atoms with Crippen LogP contribution in [0.3, 0.4) is 0 Å². The zero-order valence-corrected chi connectivity index (χ0v) is 18.8. The summed E-state index contributed by atoms with van der Waals surface area (Å²) in [5.41, 5.74) is 16.1. The number of likely N-dealkylation sites (tertiary alicyclic amines) is 1. The van der Waals surface area contributed by atoms with Crippen LogP contribution in [0, 0.1) is 0 Å².